The Morgan fingerprint density at radius 1 is 1.21 bits per heavy atom. The summed E-state index contributed by atoms with van der Waals surface area (Å²) in [6.45, 7) is 8.02. The van der Waals surface area contributed by atoms with E-state index in [0.29, 0.717) is 29.3 Å². The Morgan fingerprint density at radius 3 is 2.52 bits per heavy atom. The average Bonchev–Trinajstić information content (AvgIpc) is 3.62. The molecule has 1 aliphatic carbocycles. The summed E-state index contributed by atoms with van der Waals surface area (Å²) in [6.07, 6.45) is 5.75. The minimum Gasteiger partial charge on any atom is -0.385 e. The number of amides is 1. The summed E-state index contributed by atoms with van der Waals surface area (Å²) in [5.41, 5.74) is 0.568. The fourth-order valence-corrected chi connectivity index (χ4v) is 5.99. The van der Waals surface area contributed by atoms with Crippen molar-refractivity contribution in [3.05, 3.63) is 82.4 Å². The highest BCUT2D eigenvalue weighted by Gasteiger charge is 2.50. The molecule has 2 fully saturated rings. The third-order valence-electron chi connectivity index (χ3n) is 7.66. The number of allylic oxidation sites excluding steroid dienone is 1. The van der Waals surface area contributed by atoms with Gasteiger partial charge in [-0.25, -0.2) is 0 Å². The number of nitrogens with one attached hydrogen (secondary N) is 1. The van der Waals surface area contributed by atoms with Gasteiger partial charge in [-0.3, -0.25) is 4.79 Å². The van der Waals surface area contributed by atoms with Gasteiger partial charge in [-0.05, 0) is 79.3 Å². The van der Waals surface area contributed by atoms with Gasteiger partial charge in [0.1, 0.15) is 0 Å². The molecule has 176 valence electrons. The van der Waals surface area contributed by atoms with Gasteiger partial charge in [0.25, 0.3) is 0 Å². The molecule has 1 heterocycles. The van der Waals surface area contributed by atoms with Gasteiger partial charge in [0.2, 0.25) is 5.91 Å². The third-order valence-corrected chi connectivity index (χ3v) is 8.15. The second-order valence-electron chi connectivity index (χ2n) is 10.3. The molecule has 0 aromatic heterocycles. The summed E-state index contributed by atoms with van der Waals surface area (Å²) in [7, 11) is 0. The first-order valence-electron chi connectivity index (χ1n) is 11.8. The Labute approximate surface area is 207 Å². The van der Waals surface area contributed by atoms with Crippen molar-refractivity contribution in [2.75, 3.05) is 0 Å². The average molecular weight is 486 g/mol. The maximum Gasteiger partial charge on any atom is 0.226 e. The van der Waals surface area contributed by atoms with Gasteiger partial charge in [-0.15, -0.1) is 6.58 Å². The van der Waals surface area contributed by atoms with Crippen LogP contribution in [-0.2, 0) is 10.4 Å². The van der Waals surface area contributed by atoms with Crippen LogP contribution >= 0.6 is 23.2 Å². The van der Waals surface area contributed by atoms with Crippen LogP contribution in [0.1, 0.15) is 63.0 Å². The van der Waals surface area contributed by atoms with Crippen molar-refractivity contribution in [2.24, 2.45) is 17.3 Å². The van der Waals surface area contributed by atoms with E-state index in [4.69, 9.17) is 23.2 Å². The molecule has 4 rings (SSSR count). The van der Waals surface area contributed by atoms with Crippen molar-refractivity contribution in [1.82, 2.24) is 5.32 Å². The lowest BCUT2D eigenvalue weighted by Gasteiger charge is -2.46. The van der Waals surface area contributed by atoms with Crippen LogP contribution in [0.2, 0.25) is 10.0 Å². The van der Waals surface area contributed by atoms with E-state index in [1.165, 1.54) is 0 Å². The Balaban J connectivity index is 1.66. The van der Waals surface area contributed by atoms with Crippen LogP contribution in [0.15, 0.2) is 61.2 Å². The first-order valence-corrected chi connectivity index (χ1v) is 12.6. The maximum absolute atomic E-state index is 13.2. The van der Waals surface area contributed by atoms with Gasteiger partial charge >= 0.3 is 0 Å². The van der Waals surface area contributed by atoms with E-state index in [9.17, 15) is 9.90 Å². The van der Waals surface area contributed by atoms with E-state index in [1.54, 1.807) is 0 Å². The van der Waals surface area contributed by atoms with E-state index in [2.05, 4.69) is 24.9 Å². The fraction of sp³-hybridized carbons (Fsp3) is 0.464. The van der Waals surface area contributed by atoms with Crippen LogP contribution in [0, 0.1) is 17.3 Å². The maximum atomic E-state index is 13.2. The Kier molecular flexibility index (Phi) is 6.96. The van der Waals surface area contributed by atoms with Crippen LogP contribution < -0.4 is 5.32 Å². The number of carbonyl (C=O) groups excluding carboxylic acids is 1. The van der Waals surface area contributed by atoms with E-state index >= 15 is 0 Å². The molecule has 1 saturated carbocycles. The minimum atomic E-state index is -0.935. The molecule has 3 nitrogen and oxygen atoms in total. The van der Waals surface area contributed by atoms with Gasteiger partial charge in [0, 0.05) is 22.0 Å². The van der Waals surface area contributed by atoms with Crippen molar-refractivity contribution in [3.8, 4) is 0 Å². The van der Waals surface area contributed by atoms with E-state index in [0.717, 1.165) is 24.0 Å². The predicted molar refractivity (Wildman–Crippen MR) is 136 cm³/mol. The zero-order valence-electron chi connectivity index (χ0n) is 19.4. The summed E-state index contributed by atoms with van der Waals surface area (Å²) >= 11 is 12.5. The van der Waals surface area contributed by atoms with E-state index in [-0.39, 0.29) is 29.7 Å². The van der Waals surface area contributed by atoms with Gasteiger partial charge in [-0.1, -0.05) is 67.4 Å². The zero-order valence-corrected chi connectivity index (χ0v) is 20.9. The largest absolute Gasteiger partial charge is 0.385 e. The van der Waals surface area contributed by atoms with Gasteiger partial charge in [-0.2, -0.15) is 0 Å². The molecule has 1 aliphatic heterocycles. The highest BCUT2D eigenvalue weighted by molar-refractivity contribution is 6.30. The van der Waals surface area contributed by atoms with Crippen molar-refractivity contribution in [2.45, 2.75) is 63.5 Å². The number of halogens is 2. The molecule has 0 radical (unpaired) electrons. The van der Waals surface area contributed by atoms with Gasteiger partial charge in [0.15, 0.2) is 0 Å². The second-order valence-corrected chi connectivity index (χ2v) is 11.2. The first-order chi connectivity index (χ1) is 15.7. The van der Waals surface area contributed by atoms with E-state index < -0.39 is 11.0 Å². The van der Waals surface area contributed by atoms with E-state index in [1.807, 2.05) is 55.5 Å². The molecule has 2 unspecified atom stereocenters. The standard InChI is InChI=1S/C28H33Cl2NO2/c1-4-14-27(3)17-24(19-6-5-7-23(30)15-19)25(31-26(27)32)18(2)16-28(33,20-8-9-20)21-10-12-22(29)13-11-21/h4-7,10-13,15,18,20,24-25,33H,1,8-9,14,16-17H2,2-3H3,(H,31,32)/t18?,24-,25+,27+,28?/m1/s1. The molecule has 2 N–H and O–H groups in total. The number of carbonyl (C=O) groups is 1. The molecule has 0 spiro atoms. The lowest BCUT2D eigenvalue weighted by molar-refractivity contribution is -0.135. The number of hydrogen-bond donors (Lipinski definition) is 2. The van der Waals surface area contributed by atoms with Crippen molar-refractivity contribution in [1.29, 1.82) is 0 Å². The molecule has 5 heteroatoms. The highest BCUT2D eigenvalue weighted by atomic mass is 35.5. The smallest absolute Gasteiger partial charge is 0.226 e. The summed E-state index contributed by atoms with van der Waals surface area (Å²) in [5.74, 6) is 0.428. The van der Waals surface area contributed by atoms with Crippen molar-refractivity contribution < 1.29 is 9.90 Å². The zero-order chi connectivity index (χ0) is 23.8. The lowest BCUT2D eigenvalue weighted by atomic mass is 9.66. The van der Waals surface area contributed by atoms with Crippen LogP contribution in [0.5, 0.6) is 0 Å². The minimum absolute atomic E-state index is 0.0486. The molecular formula is C28H33Cl2NO2. The fourth-order valence-electron chi connectivity index (χ4n) is 5.66. The summed E-state index contributed by atoms with van der Waals surface area (Å²) < 4.78 is 0. The number of hydrogen-bond acceptors (Lipinski definition) is 2. The van der Waals surface area contributed by atoms with Crippen LogP contribution in [-0.4, -0.2) is 17.1 Å². The van der Waals surface area contributed by atoms with Crippen LogP contribution in [0.3, 0.4) is 0 Å². The molecule has 5 atom stereocenters. The van der Waals surface area contributed by atoms with Crippen LogP contribution in [0.4, 0.5) is 0 Å². The summed E-state index contributed by atoms with van der Waals surface area (Å²) in [4.78, 5) is 13.2. The molecule has 1 saturated heterocycles. The number of aliphatic hydroxyl groups is 1. The van der Waals surface area contributed by atoms with Crippen LogP contribution in [0.25, 0.3) is 0 Å². The lowest BCUT2D eigenvalue weighted by Crippen LogP contribution is -2.56. The summed E-state index contributed by atoms with van der Waals surface area (Å²) in [5, 5.41) is 16.6. The van der Waals surface area contributed by atoms with Gasteiger partial charge < -0.3 is 10.4 Å². The quantitative estimate of drug-likeness (QED) is 0.400. The topological polar surface area (TPSA) is 49.3 Å². The highest BCUT2D eigenvalue weighted by Crippen LogP contribution is 2.51. The molecule has 1 amide bonds. The normalized spacial score (nSPS) is 28.0. The Bertz CT molecular complexity index is 1020. The Hall–Kier alpha value is -1.81. The molecule has 2 aliphatic rings. The second kappa shape index (κ2) is 9.44. The monoisotopic (exact) mass is 485 g/mol. The number of benzene rings is 2. The molecule has 33 heavy (non-hydrogen) atoms. The number of rotatable bonds is 8. The first kappa shape index (κ1) is 24.3. The SMILES string of the molecule is C=CC[C@@]1(C)C[C@H](c2cccc(Cl)c2)[C@H](C(C)CC(O)(c2ccc(Cl)cc2)C2CC2)NC1=O. The predicted octanol–water partition coefficient (Wildman–Crippen LogP) is 6.87. The van der Waals surface area contributed by atoms with Crippen molar-refractivity contribution in [3.63, 3.8) is 0 Å². The third kappa shape index (κ3) is 5.01. The number of piperidine rings is 1. The molecule has 0 bridgehead atoms. The molecule has 2 aromatic carbocycles. The summed E-state index contributed by atoms with van der Waals surface area (Å²) in [6, 6.07) is 15.4. The molecule has 2 aromatic rings. The van der Waals surface area contributed by atoms with Gasteiger partial charge in [0.05, 0.1) is 11.0 Å². The molecular weight excluding hydrogens is 453 g/mol. The van der Waals surface area contributed by atoms with Crippen molar-refractivity contribution >= 4 is 29.1 Å². The Morgan fingerprint density at radius 2 is 1.91 bits per heavy atom.